The van der Waals surface area contributed by atoms with Crippen LogP contribution in [0.5, 0.6) is 0 Å². The summed E-state index contributed by atoms with van der Waals surface area (Å²) in [7, 11) is 3.30. The maximum absolute atomic E-state index is 11.8. The molecule has 1 amide bonds. The second-order valence-electron chi connectivity index (χ2n) is 4.66. The standard InChI is InChI=1S/C13H15N3O4/c1-15(2)11(17)5-6-16-10-4-3-8(12(18)19)7-9(10)14-13(16)20/h3-4,7H,5-6H2,1-2H3,(H,14,20)(H,18,19). The van der Waals surface area contributed by atoms with Gasteiger partial charge in [-0.2, -0.15) is 0 Å². The number of nitrogens with zero attached hydrogens (tertiary/aromatic N) is 2. The summed E-state index contributed by atoms with van der Waals surface area (Å²) >= 11 is 0. The second-order valence-corrected chi connectivity index (χ2v) is 4.66. The highest BCUT2D eigenvalue weighted by molar-refractivity contribution is 5.92. The molecule has 0 atom stereocenters. The van der Waals surface area contributed by atoms with Crippen LogP contribution < -0.4 is 5.69 Å². The van der Waals surface area contributed by atoms with Crippen molar-refractivity contribution >= 4 is 22.9 Å². The summed E-state index contributed by atoms with van der Waals surface area (Å²) in [5.41, 5.74) is 0.795. The van der Waals surface area contributed by atoms with Gasteiger partial charge >= 0.3 is 11.7 Å². The topological polar surface area (TPSA) is 95.4 Å². The van der Waals surface area contributed by atoms with Crippen LogP contribution in [0.2, 0.25) is 0 Å². The number of carbonyl (C=O) groups excluding carboxylic acids is 1. The molecule has 0 unspecified atom stereocenters. The zero-order valence-corrected chi connectivity index (χ0v) is 11.2. The SMILES string of the molecule is CN(C)C(=O)CCn1c(=O)[nH]c2cc(C(=O)O)ccc21. The number of rotatable bonds is 4. The van der Waals surface area contributed by atoms with Gasteiger partial charge in [0.15, 0.2) is 0 Å². The number of carboxylic acid groups (broad SMARTS) is 1. The Bertz CT molecular complexity index is 727. The minimum Gasteiger partial charge on any atom is -0.478 e. The Labute approximate surface area is 114 Å². The van der Waals surface area contributed by atoms with Crippen LogP contribution in [-0.4, -0.2) is 45.5 Å². The first-order chi connectivity index (χ1) is 9.40. The molecule has 0 aliphatic carbocycles. The molecule has 0 bridgehead atoms. The number of amides is 1. The minimum atomic E-state index is -1.05. The molecular formula is C13H15N3O4. The molecule has 2 N–H and O–H groups in total. The van der Waals surface area contributed by atoms with Gasteiger partial charge in [-0.3, -0.25) is 9.36 Å². The summed E-state index contributed by atoms with van der Waals surface area (Å²) in [6.45, 7) is 0.252. The molecule has 1 heterocycles. The first kappa shape index (κ1) is 13.9. The highest BCUT2D eigenvalue weighted by Gasteiger charge is 2.12. The van der Waals surface area contributed by atoms with E-state index in [0.29, 0.717) is 11.0 Å². The van der Waals surface area contributed by atoms with Crippen molar-refractivity contribution in [2.75, 3.05) is 14.1 Å². The molecule has 2 aromatic rings. The van der Waals surface area contributed by atoms with E-state index in [1.807, 2.05) is 0 Å². The first-order valence-corrected chi connectivity index (χ1v) is 6.06. The Kier molecular flexibility index (Phi) is 3.60. The summed E-state index contributed by atoms with van der Waals surface area (Å²) in [4.78, 5) is 38.3. The number of fused-ring (bicyclic) bond motifs is 1. The van der Waals surface area contributed by atoms with Crippen molar-refractivity contribution in [3.05, 3.63) is 34.2 Å². The van der Waals surface area contributed by atoms with Gasteiger partial charge in [-0.1, -0.05) is 0 Å². The maximum Gasteiger partial charge on any atom is 0.335 e. The fourth-order valence-electron chi connectivity index (χ4n) is 1.95. The molecule has 0 spiro atoms. The number of carboxylic acids is 1. The van der Waals surface area contributed by atoms with Crippen molar-refractivity contribution in [3.63, 3.8) is 0 Å². The van der Waals surface area contributed by atoms with Gasteiger partial charge in [0.1, 0.15) is 0 Å². The number of carbonyl (C=O) groups is 2. The molecule has 20 heavy (non-hydrogen) atoms. The molecular weight excluding hydrogens is 262 g/mol. The molecule has 0 saturated heterocycles. The summed E-state index contributed by atoms with van der Waals surface area (Å²) in [5, 5.41) is 8.91. The number of H-pyrrole nitrogens is 1. The van der Waals surface area contributed by atoms with E-state index in [9.17, 15) is 14.4 Å². The van der Waals surface area contributed by atoms with Crippen molar-refractivity contribution in [2.24, 2.45) is 0 Å². The van der Waals surface area contributed by atoms with Crippen molar-refractivity contribution in [2.45, 2.75) is 13.0 Å². The number of aromatic amines is 1. The Morgan fingerprint density at radius 3 is 2.65 bits per heavy atom. The molecule has 7 heteroatoms. The van der Waals surface area contributed by atoms with Crippen LogP contribution in [0, 0.1) is 0 Å². The van der Waals surface area contributed by atoms with Crippen LogP contribution in [0.4, 0.5) is 0 Å². The largest absolute Gasteiger partial charge is 0.478 e. The molecule has 0 fully saturated rings. The lowest BCUT2D eigenvalue weighted by molar-refractivity contribution is -0.128. The molecule has 0 aliphatic heterocycles. The fraction of sp³-hybridized carbons (Fsp3) is 0.308. The molecule has 0 saturated carbocycles. The smallest absolute Gasteiger partial charge is 0.335 e. The third-order valence-corrected chi connectivity index (χ3v) is 3.07. The van der Waals surface area contributed by atoms with E-state index in [1.165, 1.54) is 21.6 Å². The Morgan fingerprint density at radius 1 is 1.35 bits per heavy atom. The highest BCUT2D eigenvalue weighted by atomic mass is 16.4. The van der Waals surface area contributed by atoms with Crippen LogP contribution in [0.15, 0.2) is 23.0 Å². The quantitative estimate of drug-likeness (QED) is 0.851. The maximum atomic E-state index is 11.8. The monoisotopic (exact) mass is 277 g/mol. The van der Waals surface area contributed by atoms with Gasteiger partial charge in [0.2, 0.25) is 5.91 Å². The molecule has 106 valence electrons. The molecule has 1 aromatic heterocycles. The molecule has 7 nitrogen and oxygen atoms in total. The number of aryl methyl sites for hydroxylation is 1. The van der Waals surface area contributed by atoms with E-state index in [1.54, 1.807) is 20.2 Å². The van der Waals surface area contributed by atoms with Crippen LogP contribution in [0.25, 0.3) is 11.0 Å². The van der Waals surface area contributed by atoms with Gasteiger partial charge in [-0.15, -0.1) is 0 Å². The van der Waals surface area contributed by atoms with E-state index in [-0.39, 0.29) is 30.1 Å². The third-order valence-electron chi connectivity index (χ3n) is 3.07. The van der Waals surface area contributed by atoms with Crippen molar-refractivity contribution < 1.29 is 14.7 Å². The Balaban J connectivity index is 2.35. The first-order valence-electron chi connectivity index (χ1n) is 6.06. The molecule has 0 aliphatic rings. The summed E-state index contributed by atoms with van der Waals surface area (Å²) in [6, 6.07) is 4.41. The highest BCUT2D eigenvalue weighted by Crippen LogP contribution is 2.13. The number of hydrogen-bond donors (Lipinski definition) is 2. The van der Waals surface area contributed by atoms with Crippen molar-refractivity contribution in [1.29, 1.82) is 0 Å². The number of nitrogens with one attached hydrogen (secondary N) is 1. The van der Waals surface area contributed by atoms with Crippen LogP contribution in [0.1, 0.15) is 16.8 Å². The Hall–Kier alpha value is -2.57. The lowest BCUT2D eigenvalue weighted by Gasteiger charge is -2.10. The predicted octanol–water partition coefficient (Wildman–Crippen LogP) is 0.506. The fourth-order valence-corrected chi connectivity index (χ4v) is 1.95. The van der Waals surface area contributed by atoms with Crippen molar-refractivity contribution in [1.82, 2.24) is 14.5 Å². The molecule has 2 rings (SSSR count). The average molecular weight is 277 g/mol. The summed E-state index contributed by atoms with van der Waals surface area (Å²) < 4.78 is 1.43. The Morgan fingerprint density at radius 2 is 2.05 bits per heavy atom. The summed E-state index contributed by atoms with van der Waals surface area (Å²) in [5.74, 6) is -1.13. The van der Waals surface area contributed by atoms with Gasteiger partial charge in [0.05, 0.1) is 16.6 Å². The number of hydrogen-bond acceptors (Lipinski definition) is 3. The van der Waals surface area contributed by atoms with E-state index >= 15 is 0 Å². The van der Waals surface area contributed by atoms with Gasteiger partial charge in [0, 0.05) is 27.1 Å². The van der Waals surface area contributed by atoms with Crippen molar-refractivity contribution in [3.8, 4) is 0 Å². The molecule has 1 aromatic carbocycles. The third kappa shape index (κ3) is 2.56. The zero-order chi connectivity index (χ0) is 14.9. The van der Waals surface area contributed by atoms with Crippen LogP contribution in [0.3, 0.4) is 0 Å². The number of aromatic carboxylic acids is 1. The number of benzene rings is 1. The van der Waals surface area contributed by atoms with Gasteiger partial charge in [-0.25, -0.2) is 9.59 Å². The number of aromatic nitrogens is 2. The van der Waals surface area contributed by atoms with Gasteiger partial charge < -0.3 is 15.0 Å². The minimum absolute atomic E-state index is 0.0755. The van der Waals surface area contributed by atoms with E-state index in [4.69, 9.17) is 5.11 Å². The predicted molar refractivity (Wildman–Crippen MR) is 72.8 cm³/mol. The van der Waals surface area contributed by atoms with Crippen LogP contribution in [-0.2, 0) is 11.3 Å². The molecule has 0 radical (unpaired) electrons. The van der Waals surface area contributed by atoms with E-state index < -0.39 is 5.97 Å². The zero-order valence-electron chi connectivity index (χ0n) is 11.2. The normalized spacial score (nSPS) is 10.7. The van der Waals surface area contributed by atoms with Crippen LogP contribution >= 0.6 is 0 Å². The lowest BCUT2D eigenvalue weighted by atomic mass is 10.2. The van der Waals surface area contributed by atoms with Gasteiger partial charge in [-0.05, 0) is 18.2 Å². The average Bonchev–Trinajstić information content (AvgIpc) is 2.70. The second kappa shape index (κ2) is 5.20. The van der Waals surface area contributed by atoms with Gasteiger partial charge in [0.25, 0.3) is 0 Å². The lowest BCUT2D eigenvalue weighted by Crippen LogP contribution is -2.25. The summed E-state index contributed by atoms with van der Waals surface area (Å²) in [6.07, 6.45) is 0.209. The van der Waals surface area contributed by atoms with E-state index in [0.717, 1.165) is 0 Å². The number of imidazole rings is 1. The van der Waals surface area contributed by atoms with E-state index in [2.05, 4.69) is 4.98 Å².